The highest BCUT2D eigenvalue weighted by atomic mass is 16.5. The molecule has 19 heavy (non-hydrogen) atoms. The highest BCUT2D eigenvalue weighted by Gasteiger charge is 2.12. The van der Waals surface area contributed by atoms with E-state index in [0.29, 0.717) is 24.3 Å². The van der Waals surface area contributed by atoms with Crippen LogP contribution in [0.4, 0.5) is 0 Å². The molecular weight excluding hydrogens is 246 g/mol. The van der Waals surface area contributed by atoms with Crippen LogP contribution >= 0.6 is 0 Å². The normalized spacial score (nSPS) is 12.0. The zero-order valence-electron chi connectivity index (χ0n) is 11.6. The molecule has 1 aromatic rings. The summed E-state index contributed by atoms with van der Waals surface area (Å²) in [5.41, 5.74) is 1.49. The van der Waals surface area contributed by atoms with Gasteiger partial charge in [-0.05, 0) is 25.5 Å². The number of rotatable bonds is 7. The quantitative estimate of drug-likeness (QED) is 0.777. The molecule has 2 N–H and O–H groups in total. The van der Waals surface area contributed by atoms with Crippen molar-refractivity contribution in [3.63, 3.8) is 0 Å². The minimum atomic E-state index is -0.565. The summed E-state index contributed by atoms with van der Waals surface area (Å²) in [6.45, 7) is 2.57. The Hall–Kier alpha value is -1.59. The third-order valence-electron chi connectivity index (χ3n) is 2.72. The van der Waals surface area contributed by atoms with Crippen molar-refractivity contribution in [2.75, 3.05) is 27.4 Å². The summed E-state index contributed by atoms with van der Waals surface area (Å²) in [6.07, 6.45) is -0.113. The number of methoxy groups -OCH3 is 2. The first kappa shape index (κ1) is 15.5. The molecule has 5 nitrogen and oxygen atoms in total. The molecule has 0 aromatic heterocycles. The van der Waals surface area contributed by atoms with Crippen molar-refractivity contribution in [2.24, 2.45) is 0 Å². The topological polar surface area (TPSA) is 67.8 Å². The Kier molecular flexibility index (Phi) is 6.32. The molecule has 0 saturated heterocycles. The summed E-state index contributed by atoms with van der Waals surface area (Å²) in [7, 11) is 3.06. The number of carbonyl (C=O) groups is 1. The van der Waals surface area contributed by atoms with Crippen LogP contribution in [-0.4, -0.2) is 44.5 Å². The van der Waals surface area contributed by atoms with Gasteiger partial charge in [0.1, 0.15) is 5.75 Å². The molecule has 0 fully saturated rings. The van der Waals surface area contributed by atoms with Crippen molar-refractivity contribution >= 4 is 5.91 Å². The molecule has 0 saturated carbocycles. The monoisotopic (exact) mass is 267 g/mol. The van der Waals surface area contributed by atoms with Crippen LogP contribution in [0.25, 0.3) is 0 Å². The molecule has 1 amide bonds. The SMILES string of the molecule is COCC(O)CCNC(=O)c1cc(C)ccc1OC. The van der Waals surface area contributed by atoms with Crippen LogP contribution in [0.2, 0.25) is 0 Å². The molecule has 0 spiro atoms. The van der Waals surface area contributed by atoms with Gasteiger partial charge in [0, 0.05) is 13.7 Å². The van der Waals surface area contributed by atoms with Gasteiger partial charge in [0.25, 0.3) is 5.91 Å². The number of benzene rings is 1. The summed E-state index contributed by atoms with van der Waals surface area (Å²) in [4.78, 5) is 12.0. The molecule has 0 aliphatic rings. The van der Waals surface area contributed by atoms with E-state index in [1.807, 2.05) is 13.0 Å². The Morgan fingerprint density at radius 2 is 2.16 bits per heavy atom. The van der Waals surface area contributed by atoms with E-state index in [9.17, 15) is 9.90 Å². The molecule has 1 aromatic carbocycles. The fourth-order valence-electron chi connectivity index (χ4n) is 1.72. The van der Waals surface area contributed by atoms with Gasteiger partial charge in [-0.1, -0.05) is 11.6 Å². The second-order valence-electron chi connectivity index (χ2n) is 4.36. The number of nitrogens with one attached hydrogen (secondary N) is 1. The van der Waals surface area contributed by atoms with Crippen molar-refractivity contribution in [3.05, 3.63) is 29.3 Å². The summed E-state index contributed by atoms with van der Waals surface area (Å²) in [5, 5.41) is 12.2. The van der Waals surface area contributed by atoms with Crippen molar-refractivity contribution in [3.8, 4) is 5.75 Å². The lowest BCUT2D eigenvalue weighted by Crippen LogP contribution is -2.28. The molecule has 106 valence electrons. The van der Waals surface area contributed by atoms with Crippen molar-refractivity contribution in [2.45, 2.75) is 19.4 Å². The van der Waals surface area contributed by atoms with E-state index in [2.05, 4.69) is 5.32 Å². The van der Waals surface area contributed by atoms with Crippen LogP contribution in [0.3, 0.4) is 0 Å². The van der Waals surface area contributed by atoms with Gasteiger partial charge in [-0.2, -0.15) is 0 Å². The van der Waals surface area contributed by atoms with Gasteiger partial charge in [-0.25, -0.2) is 0 Å². The maximum atomic E-state index is 12.0. The Balaban J connectivity index is 2.56. The van der Waals surface area contributed by atoms with Crippen LogP contribution in [0.1, 0.15) is 22.3 Å². The molecule has 0 bridgehead atoms. The van der Waals surface area contributed by atoms with Gasteiger partial charge in [-0.15, -0.1) is 0 Å². The summed E-state index contributed by atoms with van der Waals surface area (Å²) < 4.78 is 9.97. The van der Waals surface area contributed by atoms with Crippen LogP contribution in [-0.2, 0) is 4.74 Å². The lowest BCUT2D eigenvalue weighted by atomic mass is 10.1. The fraction of sp³-hybridized carbons (Fsp3) is 0.500. The first-order valence-corrected chi connectivity index (χ1v) is 6.18. The Bertz CT molecular complexity index is 420. The predicted molar refractivity (Wildman–Crippen MR) is 72.6 cm³/mol. The highest BCUT2D eigenvalue weighted by Crippen LogP contribution is 2.19. The standard InChI is InChI=1S/C14H21NO4/c1-10-4-5-13(19-3)12(8-10)14(17)15-7-6-11(16)9-18-2/h4-5,8,11,16H,6-7,9H2,1-3H3,(H,15,17). The van der Waals surface area contributed by atoms with Gasteiger partial charge in [0.15, 0.2) is 0 Å². The average molecular weight is 267 g/mol. The number of ether oxygens (including phenoxy) is 2. The molecule has 1 unspecified atom stereocenters. The van der Waals surface area contributed by atoms with Crippen LogP contribution in [0.15, 0.2) is 18.2 Å². The maximum Gasteiger partial charge on any atom is 0.255 e. The smallest absolute Gasteiger partial charge is 0.255 e. The largest absolute Gasteiger partial charge is 0.496 e. The van der Waals surface area contributed by atoms with E-state index in [1.165, 1.54) is 14.2 Å². The molecule has 5 heteroatoms. The maximum absolute atomic E-state index is 12.0. The number of aliphatic hydroxyl groups is 1. The fourth-order valence-corrected chi connectivity index (χ4v) is 1.72. The summed E-state index contributed by atoms with van der Waals surface area (Å²) in [5.74, 6) is 0.339. The number of hydrogen-bond acceptors (Lipinski definition) is 4. The average Bonchev–Trinajstić information content (AvgIpc) is 2.38. The van der Waals surface area contributed by atoms with Crippen LogP contribution in [0.5, 0.6) is 5.75 Å². The Morgan fingerprint density at radius 1 is 1.42 bits per heavy atom. The number of carbonyl (C=O) groups excluding carboxylic acids is 1. The number of aliphatic hydroxyl groups excluding tert-OH is 1. The van der Waals surface area contributed by atoms with Crippen LogP contribution < -0.4 is 10.1 Å². The zero-order valence-corrected chi connectivity index (χ0v) is 11.6. The van der Waals surface area contributed by atoms with E-state index >= 15 is 0 Å². The molecule has 1 rings (SSSR count). The van der Waals surface area contributed by atoms with Crippen LogP contribution in [0, 0.1) is 6.92 Å². The van der Waals surface area contributed by atoms with Crippen molar-refractivity contribution in [1.82, 2.24) is 5.32 Å². The van der Waals surface area contributed by atoms with Crippen molar-refractivity contribution in [1.29, 1.82) is 0 Å². The van der Waals surface area contributed by atoms with Crippen molar-refractivity contribution < 1.29 is 19.4 Å². The van der Waals surface area contributed by atoms with E-state index in [4.69, 9.17) is 9.47 Å². The van der Waals surface area contributed by atoms with E-state index in [0.717, 1.165) is 5.56 Å². The molecule has 0 aliphatic carbocycles. The van der Waals surface area contributed by atoms with Gasteiger partial charge in [0.05, 0.1) is 25.4 Å². The number of hydrogen-bond donors (Lipinski definition) is 2. The minimum Gasteiger partial charge on any atom is -0.496 e. The second-order valence-corrected chi connectivity index (χ2v) is 4.36. The second kappa shape index (κ2) is 7.76. The van der Waals surface area contributed by atoms with E-state index in [-0.39, 0.29) is 12.5 Å². The predicted octanol–water partition coefficient (Wildman–Crippen LogP) is 1.13. The molecule has 1 atom stereocenters. The number of amides is 1. The van der Waals surface area contributed by atoms with Gasteiger partial charge in [0.2, 0.25) is 0 Å². The molecule has 0 heterocycles. The van der Waals surface area contributed by atoms with Gasteiger partial charge in [-0.3, -0.25) is 4.79 Å². The minimum absolute atomic E-state index is 0.204. The van der Waals surface area contributed by atoms with Gasteiger partial charge >= 0.3 is 0 Å². The molecular formula is C14H21NO4. The first-order chi connectivity index (χ1) is 9.08. The molecule has 0 aliphatic heterocycles. The van der Waals surface area contributed by atoms with E-state index < -0.39 is 6.10 Å². The van der Waals surface area contributed by atoms with Gasteiger partial charge < -0.3 is 19.9 Å². The Morgan fingerprint density at radius 3 is 2.79 bits per heavy atom. The summed E-state index contributed by atoms with van der Waals surface area (Å²) in [6, 6.07) is 5.43. The first-order valence-electron chi connectivity index (χ1n) is 6.18. The number of aryl methyl sites for hydroxylation is 1. The lowest BCUT2D eigenvalue weighted by Gasteiger charge is -2.12. The third kappa shape index (κ3) is 4.89. The zero-order chi connectivity index (χ0) is 14.3. The third-order valence-corrected chi connectivity index (χ3v) is 2.72. The summed E-state index contributed by atoms with van der Waals surface area (Å²) >= 11 is 0. The molecule has 0 radical (unpaired) electrons. The Labute approximate surface area is 113 Å². The van der Waals surface area contributed by atoms with E-state index in [1.54, 1.807) is 12.1 Å². The highest BCUT2D eigenvalue weighted by molar-refractivity contribution is 5.97. The lowest BCUT2D eigenvalue weighted by molar-refractivity contribution is 0.0587.